The summed E-state index contributed by atoms with van der Waals surface area (Å²) in [7, 11) is 0. The molecule has 0 radical (unpaired) electrons. The van der Waals surface area contributed by atoms with Gasteiger partial charge in [0.25, 0.3) is 0 Å². The van der Waals surface area contributed by atoms with Crippen LogP contribution in [0.3, 0.4) is 0 Å². The van der Waals surface area contributed by atoms with Crippen molar-refractivity contribution in [1.29, 1.82) is 0 Å². The van der Waals surface area contributed by atoms with Crippen LogP contribution in [0.15, 0.2) is 54.7 Å². The number of amides is 1. The lowest BCUT2D eigenvalue weighted by Gasteiger charge is -2.27. The van der Waals surface area contributed by atoms with Crippen LogP contribution in [-0.2, 0) is 17.9 Å². The van der Waals surface area contributed by atoms with Crippen LogP contribution in [0.4, 0.5) is 0 Å². The normalized spacial score (nSPS) is 10.7. The lowest BCUT2D eigenvalue weighted by molar-refractivity contribution is -0.133. The van der Waals surface area contributed by atoms with Crippen molar-refractivity contribution in [2.24, 2.45) is 0 Å². The van der Waals surface area contributed by atoms with Crippen molar-refractivity contribution in [3.63, 3.8) is 0 Å². The number of nitrogens with one attached hydrogen (secondary N) is 1. The van der Waals surface area contributed by atoms with Crippen LogP contribution < -0.4 is 5.32 Å². The van der Waals surface area contributed by atoms with Gasteiger partial charge in [-0.15, -0.1) is 0 Å². The van der Waals surface area contributed by atoms with E-state index in [0.29, 0.717) is 26.1 Å². The van der Waals surface area contributed by atoms with Gasteiger partial charge in [-0.1, -0.05) is 36.4 Å². The number of pyridine rings is 1. The molecule has 1 aromatic carbocycles. The summed E-state index contributed by atoms with van der Waals surface area (Å²) in [6.07, 6.45) is 2.28. The first-order valence-electron chi connectivity index (χ1n) is 8.11. The lowest BCUT2D eigenvalue weighted by Crippen LogP contribution is -2.37. The molecule has 0 saturated carbocycles. The van der Waals surface area contributed by atoms with Gasteiger partial charge < -0.3 is 10.2 Å². The Morgan fingerprint density at radius 2 is 1.87 bits per heavy atom. The number of hydrogen-bond acceptors (Lipinski definition) is 3. The second-order valence-electron chi connectivity index (χ2n) is 5.85. The average molecular weight is 311 g/mol. The largest absolute Gasteiger partial charge is 0.336 e. The van der Waals surface area contributed by atoms with E-state index in [-0.39, 0.29) is 11.9 Å². The van der Waals surface area contributed by atoms with Gasteiger partial charge in [0.2, 0.25) is 5.91 Å². The summed E-state index contributed by atoms with van der Waals surface area (Å²) in [5, 5.41) is 3.28. The molecule has 1 aromatic heterocycles. The van der Waals surface area contributed by atoms with Crippen LogP contribution in [-0.4, -0.2) is 28.4 Å². The van der Waals surface area contributed by atoms with Gasteiger partial charge >= 0.3 is 0 Å². The molecule has 1 N–H and O–H groups in total. The molecule has 122 valence electrons. The van der Waals surface area contributed by atoms with E-state index in [4.69, 9.17) is 0 Å². The Balaban J connectivity index is 1.79. The zero-order valence-corrected chi connectivity index (χ0v) is 13.9. The van der Waals surface area contributed by atoms with Gasteiger partial charge in [0.1, 0.15) is 0 Å². The van der Waals surface area contributed by atoms with Crippen molar-refractivity contribution in [2.75, 3.05) is 6.54 Å². The van der Waals surface area contributed by atoms with Gasteiger partial charge in [0.15, 0.2) is 0 Å². The maximum absolute atomic E-state index is 12.5. The molecule has 0 unspecified atom stereocenters. The fourth-order valence-electron chi connectivity index (χ4n) is 2.40. The average Bonchev–Trinajstić information content (AvgIpc) is 2.58. The summed E-state index contributed by atoms with van der Waals surface area (Å²) in [5.74, 6) is 0.178. The van der Waals surface area contributed by atoms with Crippen molar-refractivity contribution >= 4 is 5.91 Å². The highest BCUT2D eigenvalue weighted by atomic mass is 16.2. The molecule has 0 aliphatic heterocycles. The molecule has 0 bridgehead atoms. The molecule has 4 heteroatoms. The summed E-state index contributed by atoms with van der Waals surface area (Å²) in [6.45, 7) is 6.13. The molecule has 0 aliphatic carbocycles. The van der Waals surface area contributed by atoms with E-state index in [0.717, 1.165) is 11.3 Å². The molecule has 0 aliphatic rings. The predicted molar refractivity (Wildman–Crippen MR) is 92.7 cm³/mol. The first kappa shape index (κ1) is 17.2. The molecule has 0 atom stereocenters. The van der Waals surface area contributed by atoms with Gasteiger partial charge in [0.05, 0.1) is 5.69 Å². The molecule has 4 nitrogen and oxygen atoms in total. The molecule has 0 spiro atoms. The Hall–Kier alpha value is -2.20. The third kappa shape index (κ3) is 5.83. The summed E-state index contributed by atoms with van der Waals surface area (Å²) in [5.41, 5.74) is 2.15. The van der Waals surface area contributed by atoms with E-state index in [1.165, 1.54) is 0 Å². The molecule has 0 fully saturated rings. The van der Waals surface area contributed by atoms with Crippen LogP contribution in [0, 0.1) is 0 Å². The summed E-state index contributed by atoms with van der Waals surface area (Å²) < 4.78 is 0. The zero-order chi connectivity index (χ0) is 16.5. The number of benzene rings is 1. The van der Waals surface area contributed by atoms with E-state index in [1.54, 1.807) is 6.20 Å². The molecular formula is C19H25N3O. The van der Waals surface area contributed by atoms with Crippen molar-refractivity contribution in [2.45, 2.75) is 39.4 Å². The molecule has 1 heterocycles. The van der Waals surface area contributed by atoms with Crippen LogP contribution in [0.1, 0.15) is 31.5 Å². The minimum atomic E-state index is 0.178. The SMILES string of the molecule is CC(C)N(Cc1ccccc1)C(=O)CCNCc1ccccn1. The smallest absolute Gasteiger partial charge is 0.224 e. The van der Waals surface area contributed by atoms with Gasteiger partial charge in [-0.05, 0) is 31.5 Å². The standard InChI is InChI=1S/C19H25N3O/c1-16(2)22(15-17-8-4-3-5-9-17)19(23)11-13-20-14-18-10-6-7-12-21-18/h3-10,12,16,20H,11,13-15H2,1-2H3. The highest BCUT2D eigenvalue weighted by Crippen LogP contribution is 2.09. The number of carbonyl (C=O) groups excluding carboxylic acids is 1. The van der Waals surface area contributed by atoms with Gasteiger partial charge in [0, 0.05) is 38.3 Å². The highest BCUT2D eigenvalue weighted by Gasteiger charge is 2.16. The predicted octanol–water partition coefficient (Wildman–Crippen LogP) is 3.00. The van der Waals surface area contributed by atoms with Crippen molar-refractivity contribution < 1.29 is 4.79 Å². The first-order valence-corrected chi connectivity index (χ1v) is 8.11. The summed E-state index contributed by atoms with van der Waals surface area (Å²) >= 11 is 0. The number of aromatic nitrogens is 1. The number of nitrogens with zero attached hydrogens (tertiary/aromatic N) is 2. The van der Waals surface area contributed by atoms with Gasteiger partial charge in [-0.3, -0.25) is 9.78 Å². The third-order valence-corrected chi connectivity index (χ3v) is 3.69. The van der Waals surface area contributed by atoms with Crippen LogP contribution in [0.25, 0.3) is 0 Å². The fraction of sp³-hybridized carbons (Fsp3) is 0.368. The molecule has 1 amide bonds. The quantitative estimate of drug-likeness (QED) is 0.762. The molecule has 2 rings (SSSR count). The van der Waals surface area contributed by atoms with Crippen LogP contribution in [0.2, 0.25) is 0 Å². The van der Waals surface area contributed by atoms with Crippen molar-refractivity contribution in [1.82, 2.24) is 15.2 Å². The molecule has 2 aromatic rings. The lowest BCUT2D eigenvalue weighted by atomic mass is 10.1. The first-order chi connectivity index (χ1) is 11.2. The van der Waals surface area contributed by atoms with E-state index in [2.05, 4.69) is 36.3 Å². The second kappa shape index (κ2) is 9.06. The Morgan fingerprint density at radius 3 is 2.52 bits per heavy atom. The zero-order valence-electron chi connectivity index (χ0n) is 13.9. The maximum Gasteiger partial charge on any atom is 0.224 e. The summed E-state index contributed by atoms with van der Waals surface area (Å²) in [6, 6.07) is 16.2. The van der Waals surface area contributed by atoms with Gasteiger partial charge in [-0.2, -0.15) is 0 Å². The van der Waals surface area contributed by atoms with Crippen molar-refractivity contribution in [3.05, 3.63) is 66.0 Å². The second-order valence-corrected chi connectivity index (χ2v) is 5.85. The molecule has 0 saturated heterocycles. The third-order valence-electron chi connectivity index (χ3n) is 3.69. The maximum atomic E-state index is 12.5. The van der Waals surface area contributed by atoms with E-state index in [9.17, 15) is 4.79 Å². The van der Waals surface area contributed by atoms with E-state index in [1.807, 2.05) is 41.3 Å². The number of hydrogen-bond donors (Lipinski definition) is 1. The number of rotatable bonds is 8. The Bertz CT molecular complexity index is 584. The highest BCUT2D eigenvalue weighted by molar-refractivity contribution is 5.76. The molecule has 23 heavy (non-hydrogen) atoms. The minimum absolute atomic E-state index is 0.178. The van der Waals surface area contributed by atoms with Crippen LogP contribution >= 0.6 is 0 Å². The Morgan fingerprint density at radius 1 is 1.13 bits per heavy atom. The molecular weight excluding hydrogens is 286 g/mol. The topological polar surface area (TPSA) is 45.2 Å². The minimum Gasteiger partial charge on any atom is -0.336 e. The van der Waals surface area contributed by atoms with Crippen LogP contribution in [0.5, 0.6) is 0 Å². The fourth-order valence-corrected chi connectivity index (χ4v) is 2.40. The number of carbonyl (C=O) groups is 1. The Kier molecular flexibility index (Phi) is 6.76. The Labute approximate surface area is 138 Å². The van der Waals surface area contributed by atoms with E-state index < -0.39 is 0 Å². The van der Waals surface area contributed by atoms with E-state index >= 15 is 0 Å². The monoisotopic (exact) mass is 311 g/mol. The van der Waals surface area contributed by atoms with Gasteiger partial charge in [-0.25, -0.2) is 0 Å². The van der Waals surface area contributed by atoms with Crippen molar-refractivity contribution in [3.8, 4) is 0 Å². The summed E-state index contributed by atoms with van der Waals surface area (Å²) in [4.78, 5) is 18.7.